The van der Waals surface area contributed by atoms with Crippen molar-refractivity contribution in [2.24, 2.45) is 0 Å². The molecule has 0 bridgehead atoms. The van der Waals surface area contributed by atoms with Crippen LogP contribution in [0, 0.1) is 5.82 Å². The maximum Gasteiger partial charge on any atom is 0.270 e. The number of rotatable bonds is 3. The topological polar surface area (TPSA) is 56.4 Å². The van der Waals surface area contributed by atoms with Crippen LogP contribution in [0.15, 0.2) is 12.1 Å². The van der Waals surface area contributed by atoms with E-state index in [4.69, 9.17) is 0 Å². The standard InChI is InChI=1S/C24H32FN3O2/c1-15(2)18-12-19(17-8-7-11-28(14-17)16(3)29)22(25)23-20(18)13-21(26-23)24(30)27-9-5-4-6-10-27/h12-13,15,17,26H,4-11,14H2,1-3H3/t17-/m0/s1. The van der Waals surface area contributed by atoms with E-state index in [1.807, 2.05) is 21.9 Å². The minimum Gasteiger partial charge on any atom is -0.348 e. The van der Waals surface area contributed by atoms with Crippen molar-refractivity contribution in [3.8, 4) is 0 Å². The predicted octanol–water partition coefficient (Wildman–Crippen LogP) is 4.78. The van der Waals surface area contributed by atoms with Gasteiger partial charge in [-0.1, -0.05) is 19.9 Å². The molecule has 0 radical (unpaired) electrons. The summed E-state index contributed by atoms with van der Waals surface area (Å²) in [6.45, 7) is 8.59. The minimum atomic E-state index is -0.275. The summed E-state index contributed by atoms with van der Waals surface area (Å²) in [7, 11) is 0. The maximum atomic E-state index is 15.7. The van der Waals surface area contributed by atoms with Crippen LogP contribution in [0.4, 0.5) is 4.39 Å². The van der Waals surface area contributed by atoms with Crippen LogP contribution in [0.1, 0.15) is 86.3 Å². The van der Waals surface area contributed by atoms with E-state index in [2.05, 4.69) is 18.8 Å². The molecule has 5 nitrogen and oxygen atoms in total. The summed E-state index contributed by atoms with van der Waals surface area (Å²) in [5.74, 6) is -0.0915. The molecule has 0 aliphatic carbocycles. The number of hydrogen-bond donors (Lipinski definition) is 1. The van der Waals surface area contributed by atoms with Crippen molar-refractivity contribution in [2.45, 2.75) is 64.7 Å². The number of hydrogen-bond acceptors (Lipinski definition) is 2. The van der Waals surface area contributed by atoms with E-state index >= 15 is 4.39 Å². The Morgan fingerprint density at radius 3 is 2.43 bits per heavy atom. The largest absolute Gasteiger partial charge is 0.348 e. The number of carbonyl (C=O) groups is 2. The van der Waals surface area contributed by atoms with E-state index in [-0.39, 0.29) is 29.5 Å². The van der Waals surface area contributed by atoms with Crippen LogP contribution in [-0.4, -0.2) is 52.8 Å². The second kappa shape index (κ2) is 8.40. The number of piperidine rings is 2. The zero-order chi connectivity index (χ0) is 21.4. The van der Waals surface area contributed by atoms with Crippen molar-refractivity contribution in [3.05, 3.63) is 34.8 Å². The summed E-state index contributed by atoms with van der Waals surface area (Å²) in [4.78, 5) is 31.7. The number of aromatic nitrogens is 1. The molecule has 2 aromatic rings. The van der Waals surface area contributed by atoms with Crippen LogP contribution < -0.4 is 0 Å². The Labute approximate surface area is 177 Å². The lowest BCUT2D eigenvalue weighted by Crippen LogP contribution is -2.37. The highest BCUT2D eigenvalue weighted by Gasteiger charge is 2.29. The second-order valence-electron chi connectivity index (χ2n) is 9.15. The van der Waals surface area contributed by atoms with E-state index in [0.29, 0.717) is 23.3 Å². The van der Waals surface area contributed by atoms with Crippen LogP contribution in [0.25, 0.3) is 10.9 Å². The molecule has 2 aliphatic rings. The number of H-pyrrole nitrogens is 1. The van der Waals surface area contributed by atoms with Crippen molar-refractivity contribution in [1.82, 2.24) is 14.8 Å². The monoisotopic (exact) mass is 413 g/mol. The molecule has 0 unspecified atom stereocenters. The number of halogens is 1. The SMILES string of the molecule is CC(=O)N1CCC[C@H](c2cc(C(C)C)c3cc(C(=O)N4CCCCC4)[nH]c3c2F)C1. The Morgan fingerprint density at radius 2 is 1.77 bits per heavy atom. The molecule has 162 valence electrons. The average Bonchev–Trinajstić information content (AvgIpc) is 3.20. The van der Waals surface area contributed by atoms with Crippen molar-refractivity contribution < 1.29 is 14.0 Å². The molecule has 1 N–H and O–H groups in total. The molecule has 0 saturated carbocycles. The fraction of sp³-hybridized carbons (Fsp3) is 0.583. The highest BCUT2D eigenvalue weighted by Crippen LogP contribution is 2.37. The number of nitrogens with zero attached hydrogens (tertiary/aromatic N) is 2. The zero-order valence-electron chi connectivity index (χ0n) is 18.3. The summed E-state index contributed by atoms with van der Waals surface area (Å²) in [5, 5.41) is 0.797. The number of fused-ring (bicyclic) bond motifs is 1. The van der Waals surface area contributed by atoms with Gasteiger partial charge in [0.25, 0.3) is 5.91 Å². The highest BCUT2D eigenvalue weighted by atomic mass is 19.1. The molecule has 0 spiro atoms. The molecule has 4 rings (SSSR count). The third kappa shape index (κ3) is 3.84. The quantitative estimate of drug-likeness (QED) is 0.787. The summed E-state index contributed by atoms with van der Waals surface area (Å²) >= 11 is 0. The van der Waals surface area contributed by atoms with E-state index < -0.39 is 0 Å². The van der Waals surface area contributed by atoms with Gasteiger partial charge >= 0.3 is 0 Å². The van der Waals surface area contributed by atoms with E-state index in [1.165, 1.54) is 0 Å². The Bertz CT molecular complexity index is 959. The molecule has 2 aliphatic heterocycles. The summed E-state index contributed by atoms with van der Waals surface area (Å²) in [5.41, 5.74) is 2.61. The van der Waals surface area contributed by atoms with Gasteiger partial charge in [-0.2, -0.15) is 0 Å². The molecule has 1 aromatic heterocycles. The van der Waals surface area contributed by atoms with E-state index in [1.54, 1.807) is 6.92 Å². The molecule has 1 atom stereocenters. The molecule has 2 amide bonds. The van der Waals surface area contributed by atoms with Gasteiger partial charge in [-0.25, -0.2) is 4.39 Å². The fourth-order valence-electron chi connectivity index (χ4n) is 4.98. The van der Waals surface area contributed by atoms with Crippen LogP contribution in [-0.2, 0) is 4.79 Å². The van der Waals surface area contributed by atoms with Crippen LogP contribution >= 0.6 is 0 Å². The number of benzene rings is 1. The lowest BCUT2D eigenvalue weighted by molar-refractivity contribution is -0.130. The summed E-state index contributed by atoms with van der Waals surface area (Å²) in [6, 6.07) is 3.80. The molecule has 2 saturated heterocycles. The van der Waals surface area contributed by atoms with Gasteiger partial charge in [-0.15, -0.1) is 0 Å². The highest BCUT2D eigenvalue weighted by molar-refractivity contribution is 5.99. The first-order chi connectivity index (χ1) is 14.4. The lowest BCUT2D eigenvalue weighted by Gasteiger charge is -2.33. The van der Waals surface area contributed by atoms with Crippen LogP contribution in [0.2, 0.25) is 0 Å². The Hall–Kier alpha value is -2.37. The normalized spacial score (nSPS) is 20.2. The van der Waals surface area contributed by atoms with Gasteiger partial charge in [0, 0.05) is 44.4 Å². The predicted molar refractivity (Wildman–Crippen MR) is 116 cm³/mol. The average molecular weight is 414 g/mol. The maximum absolute atomic E-state index is 15.7. The summed E-state index contributed by atoms with van der Waals surface area (Å²) in [6.07, 6.45) is 4.95. The Morgan fingerprint density at radius 1 is 1.07 bits per heavy atom. The van der Waals surface area contributed by atoms with Gasteiger partial charge in [0.2, 0.25) is 5.91 Å². The van der Waals surface area contributed by atoms with Gasteiger partial charge in [0.1, 0.15) is 5.69 Å². The molecular weight excluding hydrogens is 381 g/mol. The number of aromatic amines is 1. The number of nitrogens with one attached hydrogen (secondary N) is 1. The van der Waals surface area contributed by atoms with Gasteiger partial charge < -0.3 is 14.8 Å². The van der Waals surface area contributed by atoms with Gasteiger partial charge in [-0.05, 0) is 55.2 Å². The van der Waals surface area contributed by atoms with Crippen LogP contribution in [0.5, 0.6) is 0 Å². The van der Waals surface area contributed by atoms with Crippen LogP contribution in [0.3, 0.4) is 0 Å². The van der Waals surface area contributed by atoms with Gasteiger partial charge in [-0.3, -0.25) is 9.59 Å². The van der Waals surface area contributed by atoms with Crippen molar-refractivity contribution in [3.63, 3.8) is 0 Å². The van der Waals surface area contributed by atoms with Gasteiger partial charge in [0.05, 0.1) is 5.52 Å². The molecule has 2 fully saturated rings. The third-order valence-corrected chi connectivity index (χ3v) is 6.71. The molecule has 30 heavy (non-hydrogen) atoms. The van der Waals surface area contributed by atoms with Crippen molar-refractivity contribution in [1.29, 1.82) is 0 Å². The third-order valence-electron chi connectivity index (χ3n) is 6.71. The number of carbonyl (C=O) groups excluding carboxylic acids is 2. The van der Waals surface area contributed by atoms with E-state index in [9.17, 15) is 9.59 Å². The molecule has 1 aromatic carbocycles. The molecule has 6 heteroatoms. The lowest BCUT2D eigenvalue weighted by atomic mass is 9.86. The zero-order valence-corrected chi connectivity index (χ0v) is 18.3. The van der Waals surface area contributed by atoms with Crippen molar-refractivity contribution >= 4 is 22.7 Å². The minimum absolute atomic E-state index is 0.0194. The number of amides is 2. The van der Waals surface area contributed by atoms with Crippen molar-refractivity contribution in [2.75, 3.05) is 26.2 Å². The first-order valence-corrected chi connectivity index (χ1v) is 11.3. The Kier molecular flexibility index (Phi) is 5.85. The smallest absolute Gasteiger partial charge is 0.270 e. The Balaban J connectivity index is 1.75. The summed E-state index contributed by atoms with van der Waals surface area (Å²) < 4.78 is 15.7. The van der Waals surface area contributed by atoms with Gasteiger partial charge in [0.15, 0.2) is 5.82 Å². The first kappa shape index (κ1) is 20.9. The van der Waals surface area contributed by atoms with E-state index in [0.717, 1.165) is 62.7 Å². The number of likely N-dealkylation sites (tertiary alicyclic amines) is 2. The molecular formula is C24H32FN3O2. The second-order valence-corrected chi connectivity index (χ2v) is 9.15. The fourth-order valence-corrected chi connectivity index (χ4v) is 4.98. The molecule has 3 heterocycles. The first-order valence-electron chi connectivity index (χ1n) is 11.3.